The van der Waals surface area contributed by atoms with Gasteiger partial charge in [-0.05, 0) is 18.2 Å². The average Bonchev–Trinajstić information content (AvgIpc) is 2.88. The maximum absolute atomic E-state index is 12.4. The monoisotopic (exact) mass is 343 g/mol. The van der Waals surface area contributed by atoms with E-state index in [1.54, 1.807) is 0 Å². The number of nitrogens with one attached hydrogen (secondary N) is 1. The molecule has 3 N–H and O–H groups in total. The number of ether oxygens (including phenoxy) is 2. The van der Waals surface area contributed by atoms with Gasteiger partial charge in [0.1, 0.15) is 11.6 Å². The van der Waals surface area contributed by atoms with Crippen LogP contribution in [0.3, 0.4) is 0 Å². The van der Waals surface area contributed by atoms with E-state index >= 15 is 0 Å². The fourth-order valence-electron chi connectivity index (χ4n) is 2.64. The van der Waals surface area contributed by atoms with Gasteiger partial charge in [-0.15, -0.1) is 0 Å². The smallest absolute Gasteiger partial charge is 0.337 e. The molecule has 0 fully saturated rings. The molecule has 9 nitrogen and oxygen atoms in total. The fourth-order valence-corrected chi connectivity index (χ4v) is 2.64. The summed E-state index contributed by atoms with van der Waals surface area (Å²) in [5, 5.41) is 2.09. The van der Waals surface area contributed by atoms with E-state index < -0.39 is 23.3 Å². The number of carbonyl (C=O) groups excluding carboxylic acids is 3. The van der Waals surface area contributed by atoms with Crippen LogP contribution in [0.4, 0.5) is 5.82 Å². The van der Waals surface area contributed by atoms with E-state index in [2.05, 4.69) is 10.1 Å². The van der Waals surface area contributed by atoms with Crippen molar-refractivity contribution in [1.29, 1.82) is 0 Å². The molecule has 9 heteroatoms. The van der Waals surface area contributed by atoms with E-state index in [0.717, 1.165) is 10.6 Å². The van der Waals surface area contributed by atoms with Gasteiger partial charge >= 0.3 is 5.97 Å². The van der Waals surface area contributed by atoms with Crippen molar-refractivity contribution in [2.24, 2.45) is 0 Å². The third-order valence-corrected chi connectivity index (χ3v) is 3.80. The fraction of sp³-hybridized carbons (Fsp3) is 0.125. The molecule has 0 unspecified atom stereocenters. The molecule has 0 spiro atoms. The van der Waals surface area contributed by atoms with Crippen LogP contribution in [0.2, 0.25) is 0 Å². The highest BCUT2D eigenvalue weighted by Gasteiger charge is 2.32. The number of carbonyl (C=O) groups is 3. The van der Waals surface area contributed by atoms with Crippen LogP contribution in [-0.2, 0) is 4.74 Å². The molecule has 1 aliphatic heterocycles. The van der Waals surface area contributed by atoms with Gasteiger partial charge in [0.25, 0.3) is 17.4 Å². The van der Waals surface area contributed by atoms with Crippen molar-refractivity contribution in [3.8, 4) is 11.4 Å². The molecule has 25 heavy (non-hydrogen) atoms. The molecule has 1 aromatic carbocycles. The zero-order chi connectivity index (χ0) is 18.3. The maximum atomic E-state index is 12.4. The van der Waals surface area contributed by atoms with Crippen LogP contribution in [0.15, 0.2) is 29.1 Å². The maximum Gasteiger partial charge on any atom is 0.337 e. The normalized spacial score (nSPS) is 12.6. The summed E-state index contributed by atoms with van der Waals surface area (Å²) >= 11 is 0. The number of rotatable bonds is 3. The van der Waals surface area contributed by atoms with Gasteiger partial charge in [0, 0.05) is 6.07 Å². The number of nitrogens with two attached hydrogens (primary N) is 1. The summed E-state index contributed by atoms with van der Waals surface area (Å²) < 4.78 is 10.9. The summed E-state index contributed by atoms with van der Waals surface area (Å²) in [6, 6.07) is 5.27. The van der Waals surface area contributed by atoms with Crippen molar-refractivity contribution in [3.63, 3.8) is 0 Å². The molecule has 0 radical (unpaired) electrons. The van der Waals surface area contributed by atoms with Gasteiger partial charge < -0.3 is 15.2 Å². The Morgan fingerprint density at radius 3 is 2.48 bits per heavy atom. The van der Waals surface area contributed by atoms with Crippen LogP contribution in [-0.4, -0.2) is 36.6 Å². The standard InChI is InChI=1S/C16H13N3O6/c1-24-10-5-7(16(23)25-2)3-4-9(10)19-11(20)6-8-12(13(19)17)15(22)18-14(8)21/h3-6H,17H2,1-2H3,(H,18,21,22). The van der Waals surface area contributed by atoms with Crippen molar-refractivity contribution >= 4 is 23.6 Å². The molecule has 2 amide bonds. The number of hydrogen-bond acceptors (Lipinski definition) is 7. The highest BCUT2D eigenvalue weighted by Crippen LogP contribution is 2.28. The molecule has 0 saturated heterocycles. The molecule has 2 aromatic rings. The number of esters is 1. The zero-order valence-corrected chi connectivity index (χ0v) is 13.3. The summed E-state index contributed by atoms with van der Waals surface area (Å²) in [7, 11) is 2.59. The molecular formula is C16H13N3O6. The van der Waals surface area contributed by atoms with Crippen molar-refractivity contribution < 1.29 is 23.9 Å². The third kappa shape index (κ3) is 2.42. The first-order valence-electron chi connectivity index (χ1n) is 7.07. The van der Waals surface area contributed by atoms with E-state index in [4.69, 9.17) is 10.5 Å². The van der Waals surface area contributed by atoms with Gasteiger partial charge in [0.05, 0.1) is 36.6 Å². The Labute approximate surface area is 140 Å². The molecular weight excluding hydrogens is 330 g/mol. The lowest BCUT2D eigenvalue weighted by Gasteiger charge is -2.15. The zero-order valence-electron chi connectivity index (χ0n) is 13.3. The number of fused-ring (bicyclic) bond motifs is 1. The minimum atomic E-state index is -0.684. The second kappa shape index (κ2) is 5.78. The Balaban J connectivity index is 2.26. The van der Waals surface area contributed by atoms with Crippen molar-refractivity contribution in [2.75, 3.05) is 20.0 Å². The molecule has 0 bridgehead atoms. The second-order valence-corrected chi connectivity index (χ2v) is 5.15. The highest BCUT2D eigenvalue weighted by molar-refractivity contribution is 6.23. The molecule has 1 aliphatic rings. The van der Waals surface area contributed by atoms with E-state index in [1.807, 2.05) is 0 Å². The van der Waals surface area contributed by atoms with E-state index in [-0.39, 0.29) is 33.9 Å². The number of imide groups is 1. The van der Waals surface area contributed by atoms with Crippen LogP contribution in [0.1, 0.15) is 31.1 Å². The third-order valence-electron chi connectivity index (χ3n) is 3.80. The van der Waals surface area contributed by atoms with Gasteiger partial charge in [-0.2, -0.15) is 0 Å². The molecule has 0 saturated carbocycles. The molecule has 1 aromatic heterocycles. The number of benzene rings is 1. The van der Waals surface area contributed by atoms with Crippen molar-refractivity contribution in [1.82, 2.24) is 9.88 Å². The SMILES string of the molecule is COC(=O)c1ccc(-n2c(N)c3c(cc2=O)C(=O)NC3=O)c(OC)c1. The average molecular weight is 343 g/mol. The van der Waals surface area contributed by atoms with Gasteiger partial charge in [-0.25, -0.2) is 4.79 Å². The number of anilines is 1. The van der Waals surface area contributed by atoms with E-state index in [9.17, 15) is 19.2 Å². The Morgan fingerprint density at radius 2 is 1.84 bits per heavy atom. The number of pyridine rings is 1. The Morgan fingerprint density at radius 1 is 1.12 bits per heavy atom. The van der Waals surface area contributed by atoms with Gasteiger partial charge in [-0.1, -0.05) is 0 Å². The number of nitrogens with zero attached hydrogens (tertiary/aromatic N) is 1. The first kappa shape index (κ1) is 16.2. The summed E-state index contributed by atoms with van der Waals surface area (Å²) in [6.07, 6.45) is 0. The van der Waals surface area contributed by atoms with E-state index in [1.165, 1.54) is 32.4 Å². The lowest BCUT2D eigenvalue weighted by molar-refractivity contribution is 0.0600. The first-order chi connectivity index (χ1) is 11.9. The van der Waals surface area contributed by atoms with Crippen LogP contribution in [0.25, 0.3) is 5.69 Å². The van der Waals surface area contributed by atoms with Crippen molar-refractivity contribution in [2.45, 2.75) is 0 Å². The van der Waals surface area contributed by atoms with Crippen LogP contribution >= 0.6 is 0 Å². The molecule has 2 heterocycles. The number of methoxy groups -OCH3 is 2. The number of nitrogen functional groups attached to an aromatic ring is 1. The quantitative estimate of drug-likeness (QED) is 0.597. The molecule has 0 atom stereocenters. The minimum Gasteiger partial charge on any atom is -0.495 e. The summed E-state index contributed by atoms with van der Waals surface area (Å²) in [4.78, 5) is 47.7. The summed E-state index contributed by atoms with van der Waals surface area (Å²) in [5.74, 6) is -1.97. The number of amides is 2. The number of aromatic nitrogens is 1. The van der Waals surface area contributed by atoms with Gasteiger partial charge in [0.15, 0.2) is 0 Å². The van der Waals surface area contributed by atoms with Gasteiger partial charge in [-0.3, -0.25) is 24.3 Å². The second-order valence-electron chi connectivity index (χ2n) is 5.15. The highest BCUT2D eigenvalue weighted by atomic mass is 16.5. The van der Waals surface area contributed by atoms with Crippen molar-refractivity contribution in [3.05, 3.63) is 51.3 Å². The molecule has 3 rings (SSSR count). The topological polar surface area (TPSA) is 130 Å². The summed E-state index contributed by atoms with van der Waals surface area (Å²) in [6.45, 7) is 0. The van der Waals surface area contributed by atoms with Gasteiger partial charge in [0.2, 0.25) is 0 Å². The number of hydrogen-bond donors (Lipinski definition) is 2. The van der Waals surface area contributed by atoms with Crippen LogP contribution in [0, 0.1) is 0 Å². The lowest BCUT2D eigenvalue weighted by atomic mass is 10.1. The molecule has 128 valence electrons. The Bertz CT molecular complexity index is 992. The molecule has 0 aliphatic carbocycles. The minimum absolute atomic E-state index is 0.0751. The Hall–Kier alpha value is -3.62. The lowest BCUT2D eigenvalue weighted by Crippen LogP contribution is -2.24. The van der Waals surface area contributed by atoms with E-state index in [0.29, 0.717) is 0 Å². The Kier molecular flexibility index (Phi) is 3.76. The largest absolute Gasteiger partial charge is 0.495 e. The predicted octanol–water partition coefficient (Wildman–Crippen LogP) is 0.0985. The summed E-state index contributed by atoms with van der Waals surface area (Å²) in [5.41, 5.74) is 5.62. The van der Waals surface area contributed by atoms with Crippen LogP contribution in [0.5, 0.6) is 5.75 Å². The predicted molar refractivity (Wildman–Crippen MR) is 86.1 cm³/mol. The van der Waals surface area contributed by atoms with Crippen LogP contribution < -0.4 is 21.3 Å². The first-order valence-corrected chi connectivity index (χ1v) is 7.07.